The summed E-state index contributed by atoms with van der Waals surface area (Å²) in [7, 11) is 1.33. The lowest BCUT2D eigenvalue weighted by molar-refractivity contribution is 0.0600. The smallest absolute Gasteiger partial charge is 0.337 e. The van der Waals surface area contributed by atoms with E-state index in [1.54, 1.807) is 42.5 Å². The Kier molecular flexibility index (Phi) is 6.06. The van der Waals surface area contributed by atoms with E-state index >= 15 is 0 Å². The Morgan fingerprint density at radius 1 is 1.10 bits per heavy atom. The molecule has 0 saturated carbocycles. The van der Waals surface area contributed by atoms with Crippen LogP contribution >= 0.6 is 0 Å². The van der Waals surface area contributed by atoms with Crippen molar-refractivity contribution in [3.05, 3.63) is 64.4 Å². The molecule has 0 radical (unpaired) electrons. The minimum atomic E-state index is -0.417. The van der Waals surface area contributed by atoms with Gasteiger partial charge in [-0.25, -0.2) is 4.79 Å². The van der Waals surface area contributed by atoms with Crippen molar-refractivity contribution in [3.63, 3.8) is 0 Å². The number of piperazine rings is 1. The van der Waals surface area contributed by atoms with E-state index in [-0.39, 0.29) is 17.3 Å². The standard InChI is InChI=1S/C24H26N2O5/c1-3-25-10-12-26(13-11-25)15-19-20(27)9-8-18-22(28)21(31-23(18)19)14-16-4-6-17(7-5-16)24(29)30-2/h4-9,14,27H,3,10-13,15H2,1-2H3. The van der Waals surface area contributed by atoms with Gasteiger partial charge in [0.15, 0.2) is 5.76 Å². The number of ether oxygens (including phenoxy) is 2. The number of Topliss-reactive ketones (excluding diaryl/α,β-unsaturated/α-hetero) is 1. The molecule has 0 spiro atoms. The predicted molar refractivity (Wildman–Crippen MR) is 116 cm³/mol. The summed E-state index contributed by atoms with van der Waals surface area (Å²) in [5, 5.41) is 10.5. The number of esters is 1. The number of nitrogens with zero attached hydrogens (tertiary/aromatic N) is 2. The molecule has 7 heteroatoms. The molecule has 31 heavy (non-hydrogen) atoms. The number of fused-ring (bicyclic) bond motifs is 1. The van der Waals surface area contributed by atoms with Gasteiger partial charge in [0.25, 0.3) is 0 Å². The van der Waals surface area contributed by atoms with Gasteiger partial charge in [-0.15, -0.1) is 0 Å². The normalized spacial score (nSPS) is 18.1. The number of allylic oxidation sites excluding steroid dienone is 1. The summed E-state index contributed by atoms with van der Waals surface area (Å²) in [5.74, 6) is 0.126. The van der Waals surface area contributed by atoms with E-state index < -0.39 is 5.97 Å². The Hall–Kier alpha value is -3.16. The number of benzene rings is 2. The van der Waals surface area contributed by atoms with Gasteiger partial charge in [-0.2, -0.15) is 0 Å². The van der Waals surface area contributed by atoms with E-state index in [0.29, 0.717) is 29.0 Å². The highest BCUT2D eigenvalue weighted by Gasteiger charge is 2.32. The number of ketones is 1. The molecule has 2 aromatic rings. The lowest BCUT2D eigenvalue weighted by Gasteiger charge is -2.34. The van der Waals surface area contributed by atoms with E-state index in [2.05, 4.69) is 16.7 Å². The van der Waals surface area contributed by atoms with Gasteiger partial charge in [-0.05, 0) is 42.4 Å². The Bertz CT molecular complexity index is 1020. The molecular weight excluding hydrogens is 396 g/mol. The Morgan fingerprint density at radius 2 is 1.77 bits per heavy atom. The van der Waals surface area contributed by atoms with Crippen LogP contribution in [-0.2, 0) is 11.3 Å². The summed E-state index contributed by atoms with van der Waals surface area (Å²) >= 11 is 0. The molecule has 7 nitrogen and oxygen atoms in total. The van der Waals surface area contributed by atoms with Gasteiger partial charge in [0.2, 0.25) is 5.78 Å². The first-order valence-corrected chi connectivity index (χ1v) is 10.4. The minimum Gasteiger partial charge on any atom is -0.507 e. The summed E-state index contributed by atoms with van der Waals surface area (Å²) in [4.78, 5) is 29.1. The number of hydrogen-bond donors (Lipinski definition) is 1. The number of rotatable bonds is 5. The predicted octanol–water partition coefficient (Wildman–Crippen LogP) is 2.93. The third-order valence-electron chi connectivity index (χ3n) is 5.84. The molecule has 1 N–H and O–H groups in total. The molecule has 0 bridgehead atoms. The van der Waals surface area contributed by atoms with Crippen LogP contribution in [0.1, 0.15) is 38.8 Å². The topological polar surface area (TPSA) is 79.3 Å². The molecule has 2 heterocycles. The van der Waals surface area contributed by atoms with Gasteiger partial charge in [0.05, 0.1) is 23.8 Å². The van der Waals surface area contributed by atoms with Gasteiger partial charge in [-0.1, -0.05) is 19.1 Å². The van der Waals surface area contributed by atoms with Crippen molar-refractivity contribution >= 4 is 17.8 Å². The molecule has 0 amide bonds. The number of likely N-dealkylation sites (N-methyl/N-ethyl adjacent to an activating group) is 1. The average molecular weight is 422 g/mol. The van der Waals surface area contributed by atoms with Gasteiger partial charge in [-0.3, -0.25) is 9.69 Å². The quantitative estimate of drug-likeness (QED) is 0.586. The molecule has 2 aromatic carbocycles. The Balaban J connectivity index is 1.55. The summed E-state index contributed by atoms with van der Waals surface area (Å²) < 4.78 is 10.6. The monoisotopic (exact) mass is 422 g/mol. The van der Waals surface area contributed by atoms with Crippen molar-refractivity contribution in [3.8, 4) is 11.5 Å². The second-order valence-electron chi connectivity index (χ2n) is 7.70. The molecular formula is C24H26N2O5. The summed E-state index contributed by atoms with van der Waals surface area (Å²) in [6.45, 7) is 7.49. The highest BCUT2D eigenvalue weighted by atomic mass is 16.5. The van der Waals surface area contributed by atoms with E-state index in [9.17, 15) is 14.7 Å². The van der Waals surface area contributed by atoms with Crippen molar-refractivity contribution in [2.24, 2.45) is 0 Å². The zero-order valence-corrected chi connectivity index (χ0v) is 17.8. The van der Waals surface area contributed by atoms with Crippen LogP contribution in [0.25, 0.3) is 6.08 Å². The highest BCUT2D eigenvalue weighted by Crippen LogP contribution is 2.40. The summed E-state index contributed by atoms with van der Waals surface area (Å²) in [6.07, 6.45) is 1.64. The number of hydrogen-bond acceptors (Lipinski definition) is 7. The molecule has 162 valence electrons. The first kappa shape index (κ1) is 21.1. The highest BCUT2D eigenvalue weighted by molar-refractivity contribution is 6.15. The number of aromatic hydroxyl groups is 1. The number of methoxy groups -OCH3 is 1. The number of carbonyl (C=O) groups is 2. The number of phenolic OH excluding ortho intramolecular Hbond substituents is 1. The summed E-state index contributed by atoms with van der Waals surface area (Å²) in [5.41, 5.74) is 2.25. The van der Waals surface area contributed by atoms with Crippen LogP contribution in [-0.4, -0.2) is 66.5 Å². The second kappa shape index (κ2) is 8.91. The molecule has 0 aromatic heterocycles. The van der Waals surface area contributed by atoms with E-state index in [4.69, 9.17) is 9.47 Å². The summed E-state index contributed by atoms with van der Waals surface area (Å²) in [6, 6.07) is 9.89. The third-order valence-corrected chi connectivity index (χ3v) is 5.84. The van der Waals surface area contributed by atoms with Crippen LogP contribution in [0.4, 0.5) is 0 Å². The number of carbonyl (C=O) groups excluding carboxylic acids is 2. The van der Waals surface area contributed by atoms with Crippen molar-refractivity contribution < 1.29 is 24.2 Å². The molecule has 2 aliphatic rings. The second-order valence-corrected chi connectivity index (χ2v) is 7.70. The Labute approximate surface area is 181 Å². The van der Waals surface area contributed by atoms with Crippen LogP contribution in [0.15, 0.2) is 42.2 Å². The molecule has 4 rings (SSSR count). The maximum absolute atomic E-state index is 12.9. The molecule has 1 saturated heterocycles. The fourth-order valence-corrected chi connectivity index (χ4v) is 3.92. The van der Waals surface area contributed by atoms with Crippen molar-refractivity contribution in [1.29, 1.82) is 0 Å². The van der Waals surface area contributed by atoms with Crippen LogP contribution in [0.2, 0.25) is 0 Å². The van der Waals surface area contributed by atoms with Gasteiger partial charge in [0, 0.05) is 32.7 Å². The van der Waals surface area contributed by atoms with E-state index in [1.807, 2.05) is 0 Å². The first-order chi connectivity index (χ1) is 15.0. The average Bonchev–Trinajstić information content (AvgIpc) is 3.11. The maximum Gasteiger partial charge on any atom is 0.337 e. The van der Waals surface area contributed by atoms with Crippen LogP contribution < -0.4 is 4.74 Å². The molecule has 0 aliphatic carbocycles. The maximum atomic E-state index is 12.9. The van der Waals surface area contributed by atoms with Crippen molar-refractivity contribution in [2.75, 3.05) is 39.8 Å². The van der Waals surface area contributed by atoms with E-state index in [1.165, 1.54) is 7.11 Å². The van der Waals surface area contributed by atoms with Gasteiger partial charge < -0.3 is 19.5 Å². The van der Waals surface area contributed by atoms with E-state index in [0.717, 1.165) is 38.3 Å². The SMILES string of the molecule is CCN1CCN(Cc2c(O)ccc3c2OC(=Cc2ccc(C(=O)OC)cc2)C3=O)CC1. The zero-order chi connectivity index (χ0) is 22.0. The zero-order valence-electron chi connectivity index (χ0n) is 17.8. The van der Waals surface area contributed by atoms with Crippen molar-refractivity contribution in [2.45, 2.75) is 13.5 Å². The van der Waals surface area contributed by atoms with Gasteiger partial charge >= 0.3 is 5.97 Å². The Morgan fingerprint density at radius 3 is 2.42 bits per heavy atom. The molecule has 0 unspecified atom stereocenters. The first-order valence-electron chi connectivity index (χ1n) is 10.4. The van der Waals surface area contributed by atoms with Crippen LogP contribution in [0, 0.1) is 0 Å². The third kappa shape index (κ3) is 4.33. The fourth-order valence-electron chi connectivity index (χ4n) is 3.92. The fraction of sp³-hybridized carbons (Fsp3) is 0.333. The molecule has 2 aliphatic heterocycles. The van der Waals surface area contributed by atoms with Gasteiger partial charge in [0.1, 0.15) is 11.5 Å². The van der Waals surface area contributed by atoms with Crippen LogP contribution in [0.3, 0.4) is 0 Å². The molecule has 1 fully saturated rings. The lowest BCUT2D eigenvalue weighted by atomic mass is 10.0. The minimum absolute atomic E-state index is 0.133. The molecule has 0 atom stereocenters. The number of phenols is 1. The largest absolute Gasteiger partial charge is 0.507 e. The van der Waals surface area contributed by atoms with Crippen molar-refractivity contribution in [1.82, 2.24) is 9.80 Å². The lowest BCUT2D eigenvalue weighted by Crippen LogP contribution is -2.45. The van der Waals surface area contributed by atoms with Crippen LogP contribution in [0.5, 0.6) is 11.5 Å².